The van der Waals surface area contributed by atoms with Crippen LogP contribution in [0.3, 0.4) is 0 Å². The molecule has 0 spiro atoms. The van der Waals surface area contributed by atoms with Gasteiger partial charge in [0.25, 0.3) is 0 Å². The van der Waals surface area contributed by atoms with Gasteiger partial charge in [0.1, 0.15) is 5.82 Å². The molecule has 1 aliphatic rings. The first-order chi connectivity index (χ1) is 8.19. The molecule has 1 aromatic rings. The monoisotopic (exact) mass is 237 g/mol. The van der Waals surface area contributed by atoms with Gasteiger partial charge in [0, 0.05) is 0 Å². The van der Waals surface area contributed by atoms with Crippen LogP contribution in [0.25, 0.3) is 0 Å². The van der Waals surface area contributed by atoms with Crippen LogP contribution in [-0.2, 0) is 4.74 Å². The van der Waals surface area contributed by atoms with Crippen molar-refractivity contribution in [2.75, 3.05) is 6.54 Å². The van der Waals surface area contributed by atoms with E-state index in [0.29, 0.717) is 18.8 Å². The van der Waals surface area contributed by atoms with E-state index in [2.05, 4.69) is 6.92 Å². The first-order valence-electron chi connectivity index (χ1n) is 6.30. The molecule has 1 aromatic carbocycles. The van der Waals surface area contributed by atoms with Crippen LogP contribution in [0, 0.1) is 5.82 Å². The number of benzene rings is 1. The van der Waals surface area contributed by atoms with Crippen LogP contribution in [0.4, 0.5) is 4.39 Å². The number of hydrogen-bond donors (Lipinski definition) is 1. The van der Waals surface area contributed by atoms with Crippen molar-refractivity contribution in [3.8, 4) is 0 Å². The van der Waals surface area contributed by atoms with Crippen LogP contribution >= 0.6 is 0 Å². The van der Waals surface area contributed by atoms with Crippen molar-refractivity contribution < 1.29 is 9.13 Å². The van der Waals surface area contributed by atoms with Crippen molar-refractivity contribution in [3.63, 3.8) is 0 Å². The van der Waals surface area contributed by atoms with Crippen molar-refractivity contribution in [1.82, 2.24) is 0 Å². The van der Waals surface area contributed by atoms with E-state index in [0.717, 1.165) is 24.8 Å². The van der Waals surface area contributed by atoms with E-state index in [1.54, 1.807) is 0 Å². The van der Waals surface area contributed by atoms with Gasteiger partial charge in [-0.1, -0.05) is 12.1 Å². The summed E-state index contributed by atoms with van der Waals surface area (Å²) >= 11 is 0. The number of rotatable bonds is 4. The molecule has 0 aromatic heterocycles. The summed E-state index contributed by atoms with van der Waals surface area (Å²) in [6.07, 6.45) is 3.85. The van der Waals surface area contributed by atoms with Crippen molar-refractivity contribution >= 4 is 0 Å². The predicted molar refractivity (Wildman–Crippen MR) is 66.4 cm³/mol. The van der Waals surface area contributed by atoms with Gasteiger partial charge in [-0.3, -0.25) is 0 Å². The molecule has 3 unspecified atom stereocenters. The Morgan fingerprint density at radius 1 is 1.35 bits per heavy atom. The largest absolute Gasteiger partial charge is 0.375 e. The molecule has 0 aliphatic carbocycles. The highest BCUT2D eigenvalue weighted by Gasteiger charge is 2.25. The van der Waals surface area contributed by atoms with Gasteiger partial charge in [0.05, 0.1) is 12.2 Å². The molecular weight excluding hydrogens is 217 g/mol. The van der Waals surface area contributed by atoms with Gasteiger partial charge in [-0.2, -0.15) is 0 Å². The highest BCUT2D eigenvalue weighted by atomic mass is 19.1. The summed E-state index contributed by atoms with van der Waals surface area (Å²) in [7, 11) is 0. The molecule has 1 heterocycles. The Hall–Kier alpha value is -0.930. The molecule has 1 aliphatic heterocycles. The van der Waals surface area contributed by atoms with Crippen molar-refractivity contribution in [2.24, 2.45) is 5.73 Å². The first kappa shape index (κ1) is 12.5. The molecule has 94 valence electrons. The summed E-state index contributed by atoms with van der Waals surface area (Å²) < 4.78 is 18.7. The zero-order valence-electron chi connectivity index (χ0n) is 10.2. The third kappa shape index (κ3) is 3.27. The SMILES string of the molecule is CC1CCC(CC(CN)c2ccc(F)cc2)O1. The fourth-order valence-electron chi connectivity index (χ4n) is 2.48. The molecule has 17 heavy (non-hydrogen) atoms. The standard InChI is InChI=1S/C14H20FNO/c1-10-2-7-14(17-10)8-12(9-16)11-3-5-13(15)6-4-11/h3-6,10,12,14H,2,7-9,16H2,1H3. The van der Waals surface area contributed by atoms with E-state index in [4.69, 9.17) is 10.5 Å². The lowest BCUT2D eigenvalue weighted by atomic mass is 9.92. The average Bonchev–Trinajstić information content (AvgIpc) is 2.73. The maximum Gasteiger partial charge on any atom is 0.123 e. The molecule has 2 N–H and O–H groups in total. The van der Waals surface area contributed by atoms with E-state index in [-0.39, 0.29) is 11.7 Å². The van der Waals surface area contributed by atoms with E-state index in [9.17, 15) is 4.39 Å². The molecule has 2 rings (SSSR count). The quantitative estimate of drug-likeness (QED) is 0.874. The van der Waals surface area contributed by atoms with E-state index >= 15 is 0 Å². The number of ether oxygens (including phenoxy) is 1. The summed E-state index contributed by atoms with van der Waals surface area (Å²) in [4.78, 5) is 0. The van der Waals surface area contributed by atoms with Crippen molar-refractivity contribution in [1.29, 1.82) is 0 Å². The van der Waals surface area contributed by atoms with Gasteiger partial charge < -0.3 is 10.5 Å². The Labute approximate surface area is 102 Å². The molecule has 2 nitrogen and oxygen atoms in total. The predicted octanol–water partition coefficient (Wildman–Crippen LogP) is 2.83. The van der Waals surface area contributed by atoms with E-state index in [1.807, 2.05) is 12.1 Å². The first-order valence-corrected chi connectivity index (χ1v) is 6.30. The van der Waals surface area contributed by atoms with Crippen LogP contribution in [0.2, 0.25) is 0 Å². The zero-order chi connectivity index (χ0) is 12.3. The Balaban J connectivity index is 1.98. The fourth-order valence-corrected chi connectivity index (χ4v) is 2.48. The minimum atomic E-state index is -0.199. The second-order valence-electron chi connectivity index (χ2n) is 4.87. The molecule has 0 saturated carbocycles. The summed E-state index contributed by atoms with van der Waals surface area (Å²) in [6.45, 7) is 2.69. The van der Waals surface area contributed by atoms with E-state index in [1.165, 1.54) is 12.1 Å². The summed E-state index contributed by atoms with van der Waals surface area (Å²) in [6, 6.07) is 6.64. The van der Waals surface area contributed by atoms with Gasteiger partial charge in [0.15, 0.2) is 0 Å². The third-order valence-electron chi connectivity index (χ3n) is 3.49. The summed E-state index contributed by atoms with van der Waals surface area (Å²) in [5.74, 6) is 0.0705. The molecule has 0 radical (unpaired) electrons. The molecule has 1 saturated heterocycles. The van der Waals surface area contributed by atoms with Gasteiger partial charge in [0.2, 0.25) is 0 Å². The molecule has 1 fully saturated rings. The number of hydrogen-bond acceptors (Lipinski definition) is 2. The lowest BCUT2D eigenvalue weighted by Gasteiger charge is -2.19. The summed E-state index contributed by atoms with van der Waals surface area (Å²) in [5, 5.41) is 0. The van der Waals surface area contributed by atoms with Crippen LogP contribution in [-0.4, -0.2) is 18.8 Å². The Kier molecular flexibility index (Phi) is 4.13. The van der Waals surface area contributed by atoms with Crippen LogP contribution in [0.15, 0.2) is 24.3 Å². The van der Waals surface area contributed by atoms with Crippen molar-refractivity contribution in [3.05, 3.63) is 35.6 Å². The number of nitrogens with two attached hydrogens (primary N) is 1. The second-order valence-corrected chi connectivity index (χ2v) is 4.87. The topological polar surface area (TPSA) is 35.2 Å². The Morgan fingerprint density at radius 2 is 2.06 bits per heavy atom. The number of halogens is 1. The molecule has 0 amide bonds. The molecule has 3 atom stereocenters. The van der Waals surface area contributed by atoms with Crippen LogP contribution in [0.5, 0.6) is 0 Å². The van der Waals surface area contributed by atoms with Crippen LogP contribution < -0.4 is 5.73 Å². The molecule has 0 bridgehead atoms. The van der Waals surface area contributed by atoms with Crippen molar-refractivity contribution in [2.45, 2.75) is 44.3 Å². The maximum atomic E-state index is 12.9. The van der Waals surface area contributed by atoms with Gasteiger partial charge >= 0.3 is 0 Å². The summed E-state index contributed by atoms with van der Waals surface area (Å²) in [5.41, 5.74) is 6.91. The second kappa shape index (κ2) is 5.61. The van der Waals surface area contributed by atoms with Gasteiger partial charge in [-0.25, -0.2) is 4.39 Å². The lowest BCUT2D eigenvalue weighted by molar-refractivity contribution is 0.0470. The van der Waals surface area contributed by atoms with Gasteiger partial charge in [-0.05, 0) is 56.3 Å². The van der Waals surface area contributed by atoms with Gasteiger partial charge in [-0.15, -0.1) is 0 Å². The molecule has 3 heteroatoms. The fraction of sp³-hybridized carbons (Fsp3) is 0.571. The lowest BCUT2D eigenvalue weighted by Crippen LogP contribution is -2.19. The Morgan fingerprint density at radius 3 is 2.59 bits per heavy atom. The minimum absolute atomic E-state index is 0.199. The third-order valence-corrected chi connectivity index (χ3v) is 3.49. The maximum absolute atomic E-state index is 12.9. The smallest absolute Gasteiger partial charge is 0.123 e. The highest BCUT2D eigenvalue weighted by molar-refractivity contribution is 5.21. The molecular formula is C14H20FNO. The van der Waals surface area contributed by atoms with E-state index < -0.39 is 0 Å². The highest BCUT2D eigenvalue weighted by Crippen LogP contribution is 2.28. The Bertz CT molecular complexity index is 352. The zero-order valence-corrected chi connectivity index (χ0v) is 10.2. The normalized spacial score (nSPS) is 26.1. The average molecular weight is 237 g/mol. The van der Waals surface area contributed by atoms with Crippen LogP contribution in [0.1, 0.15) is 37.7 Å². The minimum Gasteiger partial charge on any atom is -0.375 e.